The van der Waals surface area contributed by atoms with E-state index in [4.69, 9.17) is 9.47 Å². The normalized spacial score (nSPS) is 16.5. The predicted octanol–water partition coefficient (Wildman–Crippen LogP) is 4.62. The molecule has 4 unspecified atom stereocenters. The fourth-order valence-electron chi connectivity index (χ4n) is 5.23. The van der Waals surface area contributed by atoms with Crippen LogP contribution in [0.1, 0.15) is 77.1 Å². The van der Waals surface area contributed by atoms with Gasteiger partial charge in [0.15, 0.2) is 0 Å². The molecular formula is C35H50N4O6. The Morgan fingerprint density at radius 3 is 2.20 bits per heavy atom. The number of aryl methyl sites for hydroxylation is 1. The van der Waals surface area contributed by atoms with Crippen molar-refractivity contribution in [3.05, 3.63) is 71.3 Å². The molecule has 0 fully saturated rings. The maximum atomic E-state index is 14.0. The zero-order chi connectivity index (χ0) is 33.3. The van der Waals surface area contributed by atoms with Crippen LogP contribution in [0.5, 0.6) is 0 Å². The Labute approximate surface area is 267 Å². The average molecular weight is 623 g/mol. The third-order valence-corrected chi connectivity index (χ3v) is 8.06. The molecule has 45 heavy (non-hydrogen) atoms. The van der Waals surface area contributed by atoms with E-state index in [0.717, 1.165) is 30.4 Å². The highest BCUT2D eigenvalue weighted by Gasteiger charge is 2.37. The summed E-state index contributed by atoms with van der Waals surface area (Å²) in [4.78, 5) is 56.3. The summed E-state index contributed by atoms with van der Waals surface area (Å²) >= 11 is 0. The van der Waals surface area contributed by atoms with Crippen molar-refractivity contribution in [2.45, 2.75) is 97.2 Å². The average Bonchev–Trinajstić information content (AvgIpc) is 3.00. The Kier molecular flexibility index (Phi) is 12.6. The molecule has 4 atom stereocenters. The number of carbonyl (C=O) groups is 4. The van der Waals surface area contributed by atoms with Gasteiger partial charge in [0.2, 0.25) is 17.7 Å². The minimum absolute atomic E-state index is 0.0338. The number of hydrogen-bond acceptors (Lipinski definition) is 6. The number of amides is 4. The van der Waals surface area contributed by atoms with Crippen molar-refractivity contribution >= 4 is 23.8 Å². The molecule has 0 aliphatic heterocycles. The molecule has 0 heterocycles. The SMILES string of the molecule is CC(C)C(NC(=O)C(C)N(C)C(=O)OC(C)(C)C)C(=O)N(C)C(COCc1ccccc1)C(=O)NC1CCCc2ccccc21. The Hall–Kier alpha value is -3.92. The van der Waals surface area contributed by atoms with Crippen molar-refractivity contribution in [3.8, 4) is 0 Å². The van der Waals surface area contributed by atoms with Gasteiger partial charge in [-0.3, -0.25) is 19.3 Å². The fraction of sp³-hybridized carbons (Fsp3) is 0.543. The summed E-state index contributed by atoms with van der Waals surface area (Å²) in [6.45, 7) is 10.7. The van der Waals surface area contributed by atoms with Gasteiger partial charge >= 0.3 is 6.09 Å². The van der Waals surface area contributed by atoms with Crippen LogP contribution >= 0.6 is 0 Å². The molecular weight excluding hydrogens is 572 g/mol. The number of carbonyl (C=O) groups excluding carboxylic acids is 4. The number of benzene rings is 2. The quantitative estimate of drug-likeness (QED) is 0.357. The number of nitrogens with zero attached hydrogens (tertiary/aromatic N) is 2. The van der Waals surface area contributed by atoms with E-state index in [-0.39, 0.29) is 31.1 Å². The minimum Gasteiger partial charge on any atom is -0.444 e. The lowest BCUT2D eigenvalue weighted by Crippen LogP contribution is -2.59. The van der Waals surface area contributed by atoms with Gasteiger partial charge in [0, 0.05) is 14.1 Å². The van der Waals surface area contributed by atoms with Crippen molar-refractivity contribution in [3.63, 3.8) is 0 Å². The van der Waals surface area contributed by atoms with Crippen molar-refractivity contribution in [2.75, 3.05) is 20.7 Å². The first-order valence-corrected chi connectivity index (χ1v) is 15.7. The van der Waals surface area contributed by atoms with Gasteiger partial charge in [-0.15, -0.1) is 0 Å². The van der Waals surface area contributed by atoms with E-state index in [0.29, 0.717) is 0 Å². The van der Waals surface area contributed by atoms with Crippen molar-refractivity contribution in [1.29, 1.82) is 0 Å². The fourth-order valence-corrected chi connectivity index (χ4v) is 5.23. The largest absolute Gasteiger partial charge is 0.444 e. The molecule has 2 N–H and O–H groups in total. The third kappa shape index (κ3) is 10.0. The molecule has 246 valence electrons. The minimum atomic E-state index is -0.949. The van der Waals surface area contributed by atoms with E-state index in [1.54, 1.807) is 34.7 Å². The van der Waals surface area contributed by atoms with Crippen LogP contribution in [0.15, 0.2) is 54.6 Å². The molecule has 0 radical (unpaired) electrons. The second-order valence-electron chi connectivity index (χ2n) is 13.1. The van der Waals surface area contributed by atoms with E-state index < -0.39 is 41.6 Å². The topological polar surface area (TPSA) is 117 Å². The van der Waals surface area contributed by atoms with Crippen molar-refractivity contribution < 1.29 is 28.7 Å². The smallest absolute Gasteiger partial charge is 0.410 e. The Morgan fingerprint density at radius 2 is 1.56 bits per heavy atom. The van der Waals surface area contributed by atoms with Gasteiger partial charge in [0.05, 0.1) is 19.3 Å². The molecule has 0 spiro atoms. The van der Waals surface area contributed by atoms with E-state index in [9.17, 15) is 19.2 Å². The zero-order valence-corrected chi connectivity index (χ0v) is 28.0. The Morgan fingerprint density at radius 1 is 0.911 bits per heavy atom. The van der Waals surface area contributed by atoms with Gasteiger partial charge in [-0.2, -0.15) is 0 Å². The standard InChI is InChI=1S/C35H50N4O6/c1-23(2)30(37-31(40)24(3)38(7)34(43)45-35(4,5)6)33(42)39(8)29(22-44-21-25-15-10-9-11-16-25)32(41)36-28-20-14-18-26-17-12-13-19-27(26)28/h9-13,15-17,19,23-24,28-30H,14,18,20-22H2,1-8H3,(H,36,41)(H,37,40). The molecule has 3 rings (SSSR count). The first kappa shape index (κ1) is 35.6. The highest BCUT2D eigenvalue weighted by Crippen LogP contribution is 2.29. The van der Waals surface area contributed by atoms with Crippen LogP contribution in [0.3, 0.4) is 0 Å². The first-order valence-electron chi connectivity index (χ1n) is 15.7. The number of likely N-dealkylation sites (N-methyl/N-ethyl adjacent to an activating group) is 2. The second kappa shape index (κ2) is 15.9. The lowest BCUT2D eigenvalue weighted by Gasteiger charge is -2.35. The van der Waals surface area contributed by atoms with Crippen LogP contribution in [0.4, 0.5) is 4.79 Å². The molecule has 1 aliphatic carbocycles. The van der Waals surface area contributed by atoms with Crippen molar-refractivity contribution in [1.82, 2.24) is 20.4 Å². The Bertz CT molecular complexity index is 1310. The van der Waals surface area contributed by atoms with E-state index in [2.05, 4.69) is 16.7 Å². The summed E-state index contributed by atoms with van der Waals surface area (Å²) < 4.78 is 11.4. The van der Waals surface area contributed by atoms with Crippen LogP contribution < -0.4 is 10.6 Å². The summed E-state index contributed by atoms with van der Waals surface area (Å²) in [6.07, 6.45) is 2.06. The molecule has 2 aromatic rings. The summed E-state index contributed by atoms with van der Waals surface area (Å²) in [6, 6.07) is 14.7. The Balaban J connectivity index is 1.78. The van der Waals surface area contributed by atoms with Crippen LogP contribution in [0.2, 0.25) is 0 Å². The van der Waals surface area contributed by atoms with Crippen LogP contribution in [0, 0.1) is 5.92 Å². The molecule has 4 amide bonds. The van der Waals surface area contributed by atoms with Gasteiger partial charge < -0.3 is 25.0 Å². The van der Waals surface area contributed by atoms with Gasteiger partial charge in [0.25, 0.3) is 0 Å². The van der Waals surface area contributed by atoms with Gasteiger partial charge in [0.1, 0.15) is 23.7 Å². The lowest BCUT2D eigenvalue weighted by molar-refractivity contribution is -0.145. The van der Waals surface area contributed by atoms with E-state index >= 15 is 0 Å². The van der Waals surface area contributed by atoms with Crippen LogP contribution in [-0.2, 0) is 36.9 Å². The molecule has 10 heteroatoms. The molecule has 10 nitrogen and oxygen atoms in total. The predicted molar refractivity (Wildman–Crippen MR) is 173 cm³/mol. The molecule has 0 saturated heterocycles. The second-order valence-corrected chi connectivity index (χ2v) is 13.1. The number of ether oxygens (including phenoxy) is 2. The van der Waals surface area contributed by atoms with E-state index in [1.807, 2.05) is 62.4 Å². The number of fused-ring (bicyclic) bond motifs is 1. The zero-order valence-electron chi connectivity index (χ0n) is 28.0. The molecule has 0 saturated carbocycles. The summed E-state index contributed by atoms with van der Waals surface area (Å²) in [5.74, 6) is -1.57. The van der Waals surface area contributed by atoms with Crippen LogP contribution in [0.25, 0.3) is 0 Å². The van der Waals surface area contributed by atoms with Gasteiger partial charge in [-0.1, -0.05) is 68.4 Å². The van der Waals surface area contributed by atoms with Crippen molar-refractivity contribution in [2.24, 2.45) is 5.92 Å². The molecule has 1 aliphatic rings. The molecule has 2 aromatic carbocycles. The molecule has 0 bridgehead atoms. The maximum absolute atomic E-state index is 14.0. The monoisotopic (exact) mass is 622 g/mol. The lowest BCUT2D eigenvalue weighted by atomic mass is 9.87. The highest BCUT2D eigenvalue weighted by molar-refractivity contribution is 5.94. The first-order chi connectivity index (χ1) is 21.2. The van der Waals surface area contributed by atoms with E-state index in [1.165, 1.54) is 22.4 Å². The number of rotatable bonds is 12. The summed E-state index contributed by atoms with van der Waals surface area (Å²) in [5.41, 5.74) is 2.52. The summed E-state index contributed by atoms with van der Waals surface area (Å²) in [7, 11) is 3.04. The third-order valence-electron chi connectivity index (χ3n) is 8.06. The number of nitrogens with one attached hydrogen (secondary N) is 2. The van der Waals surface area contributed by atoms with Gasteiger partial charge in [-0.05, 0) is 69.6 Å². The highest BCUT2D eigenvalue weighted by atomic mass is 16.6. The summed E-state index contributed by atoms with van der Waals surface area (Å²) in [5, 5.41) is 5.99. The molecule has 0 aromatic heterocycles. The van der Waals surface area contributed by atoms with Gasteiger partial charge in [-0.25, -0.2) is 4.79 Å². The van der Waals surface area contributed by atoms with Crippen LogP contribution in [-0.4, -0.2) is 78.0 Å². The number of hydrogen-bond donors (Lipinski definition) is 2. The maximum Gasteiger partial charge on any atom is 0.410 e.